The van der Waals surface area contributed by atoms with Crippen molar-refractivity contribution in [3.8, 4) is 0 Å². The predicted octanol–water partition coefficient (Wildman–Crippen LogP) is 4.20. The van der Waals surface area contributed by atoms with Gasteiger partial charge in [0.1, 0.15) is 0 Å². The van der Waals surface area contributed by atoms with E-state index in [1.165, 1.54) is 28.6 Å². The van der Waals surface area contributed by atoms with E-state index in [2.05, 4.69) is 5.32 Å². The molecule has 12 heteroatoms. The van der Waals surface area contributed by atoms with Gasteiger partial charge in [-0.15, -0.1) is 0 Å². The van der Waals surface area contributed by atoms with Crippen molar-refractivity contribution >= 4 is 21.6 Å². The first-order chi connectivity index (χ1) is 15.8. The molecule has 1 amide bonds. The lowest BCUT2D eigenvalue weighted by Crippen LogP contribution is -2.43. The number of non-ortho nitro benzene ring substituents is 1. The number of piperidine rings is 1. The summed E-state index contributed by atoms with van der Waals surface area (Å²) in [7, 11) is -3.99. The molecular weight excluding hydrogens is 475 g/mol. The molecule has 1 saturated heterocycles. The van der Waals surface area contributed by atoms with E-state index in [1.54, 1.807) is 13.8 Å². The standard InChI is InChI=1S/C22H24F3N3O5S/c1-14-6-7-19(28(30)31)13-20(14)34(32,33)27-10-8-16(9-11-27)21(29)26-15(2)17-4-3-5-18(12-17)22(23,24)25/h3-7,12-13,15-16H,8-11H2,1-2H3,(H,26,29). The predicted molar refractivity (Wildman–Crippen MR) is 117 cm³/mol. The monoisotopic (exact) mass is 499 g/mol. The van der Waals surface area contributed by atoms with Gasteiger partial charge in [-0.2, -0.15) is 17.5 Å². The maximum Gasteiger partial charge on any atom is 0.416 e. The lowest BCUT2D eigenvalue weighted by Gasteiger charge is -2.31. The average molecular weight is 500 g/mol. The highest BCUT2D eigenvalue weighted by molar-refractivity contribution is 7.89. The van der Waals surface area contributed by atoms with Gasteiger partial charge in [0.25, 0.3) is 5.69 Å². The van der Waals surface area contributed by atoms with Gasteiger partial charge in [-0.05, 0) is 49.9 Å². The van der Waals surface area contributed by atoms with Crippen LogP contribution in [0.5, 0.6) is 0 Å². The van der Waals surface area contributed by atoms with Gasteiger partial charge in [-0.1, -0.05) is 18.2 Å². The lowest BCUT2D eigenvalue weighted by molar-refractivity contribution is -0.385. The van der Waals surface area contributed by atoms with Crippen molar-refractivity contribution in [2.24, 2.45) is 5.92 Å². The van der Waals surface area contributed by atoms with Crippen LogP contribution in [-0.4, -0.2) is 36.6 Å². The average Bonchev–Trinajstić information content (AvgIpc) is 2.78. The Bertz CT molecular complexity index is 1190. The molecule has 1 unspecified atom stereocenters. The fraction of sp³-hybridized carbons (Fsp3) is 0.409. The SMILES string of the molecule is Cc1ccc([N+](=O)[O-])cc1S(=O)(=O)N1CCC(C(=O)NC(C)c2cccc(C(F)(F)F)c2)CC1. The summed E-state index contributed by atoms with van der Waals surface area (Å²) in [6, 6.07) is 7.69. The fourth-order valence-electron chi connectivity index (χ4n) is 3.88. The molecule has 0 aromatic heterocycles. The van der Waals surface area contributed by atoms with E-state index in [9.17, 15) is 36.5 Å². The Morgan fingerprint density at radius 2 is 1.82 bits per heavy atom. The summed E-state index contributed by atoms with van der Waals surface area (Å²) >= 11 is 0. The van der Waals surface area contributed by atoms with Crippen molar-refractivity contribution in [1.82, 2.24) is 9.62 Å². The minimum Gasteiger partial charge on any atom is -0.349 e. The minimum atomic E-state index is -4.49. The van der Waals surface area contributed by atoms with E-state index >= 15 is 0 Å². The van der Waals surface area contributed by atoms with Crippen molar-refractivity contribution in [3.05, 3.63) is 69.3 Å². The summed E-state index contributed by atoms with van der Waals surface area (Å²) in [4.78, 5) is 22.9. The van der Waals surface area contributed by atoms with Gasteiger partial charge in [0, 0.05) is 31.1 Å². The molecule has 2 aromatic rings. The first-order valence-corrected chi connectivity index (χ1v) is 12.0. The molecule has 184 valence electrons. The van der Waals surface area contributed by atoms with Gasteiger partial charge >= 0.3 is 6.18 Å². The molecule has 2 aromatic carbocycles. The van der Waals surface area contributed by atoms with E-state index in [0.717, 1.165) is 18.2 Å². The third kappa shape index (κ3) is 5.55. The molecule has 34 heavy (non-hydrogen) atoms. The smallest absolute Gasteiger partial charge is 0.349 e. The first-order valence-electron chi connectivity index (χ1n) is 10.5. The molecule has 1 aliphatic rings. The van der Waals surface area contributed by atoms with Crippen LogP contribution in [0.4, 0.5) is 18.9 Å². The molecular formula is C22H24F3N3O5S. The number of alkyl halides is 3. The number of amides is 1. The van der Waals surface area contributed by atoms with Crippen LogP contribution in [0, 0.1) is 23.0 Å². The Kier molecular flexibility index (Phi) is 7.32. The number of nitro benzene ring substituents is 1. The first kappa shape index (κ1) is 25.6. The molecule has 0 spiro atoms. The van der Waals surface area contributed by atoms with Crippen molar-refractivity contribution in [1.29, 1.82) is 0 Å². The molecule has 0 bridgehead atoms. The zero-order valence-electron chi connectivity index (χ0n) is 18.5. The molecule has 1 aliphatic heterocycles. The van der Waals surface area contributed by atoms with E-state index in [4.69, 9.17) is 0 Å². The van der Waals surface area contributed by atoms with Gasteiger partial charge in [-0.3, -0.25) is 14.9 Å². The topological polar surface area (TPSA) is 110 Å². The number of halogens is 3. The molecule has 8 nitrogen and oxygen atoms in total. The number of hydrogen-bond donors (Lipinski definition) is 1. The second-order valence-electron chi connectivity index (χ2n) is 8.24. The van der Waals surface area contributed by atoms with E-state index < -0.39 is 38.6 Å². The van der Waals surface area contributed by atoms with Gasteiger partial charge in [-0.25, -0.2) is 8.42 Å². The summed E-state index contributed by atoms with van der Waals surface area (Å²) < 4.78 is 66.1. The van der Waals surface area contributed by atoms with Gasteiger partial charge in [0.2, 0.25) is 15.9 Å². The zero-order valence-corrected chi connectivity index (χ0v) is 19.3. The summed E-state index contributed by atoms with van der Waals surface area (Å²) in [6.07, 6.45) is -4.06. The van der Waals surface area contributed by atoms with Crippen molar-refractivity contribution in [2.45, 2.75) is 43.8 Å². The number of benzene rings is 2. The summed E-state index contributed by atoms with van der Waals surface area (Å²) in [6.45, 7) is 3.21. The Labute approximate surface area is 195 Å². The Balaban J connectivity index is 1.65. The third-order valence-electron chi connectivity index (χ3n) is 5.90. The van der Waals surface area contributed by atoms with Crippen molar-refractivity contribution in [3.63, 3.8) is 0 Å². The number of sulfonamides is 1. The van der Waals surface area contributed by atoms with Crippen LogP contribution < -0.4 is 5.32 Å². The number of carbonyl (C=O) groups excluding carboxylic acids is 1. The quantitative estimate of drug-likeness (QED) is 0.473. The van der Waals surface area contributed by atoms with Crippen LogP contribution >= 0.6 is 0 Å². The number of nitro groups is 1. The number of carbonyl (C=O) groups is 1. The van der Waals surface area contributed by atoms with Crippen LogP contribution in [0.2, 0.25) is 0 Å². The van der Waals surface area contributed by atoms with Crippen LogP contribution in [0.25, 0.3) is 0 Å². The molecule has 1 N–H and O–H groups in total. The van der Waals surface area contributed by atoms with E-state index in [0.29, 0.717) is 11.1 Å². The van der Waals surface area contributed by atoms with Crippen LogP contribution in [0.15, 0.2) is 47.4 Å². The van der Waals surface area contributed by atoms with Gasteiger partial charge in [0.15, 0.2) is 0 Å². The maximum atomic E-state index is 13.0. The Morgan fingerprint density at radius 1 is 1.18 bits per heavy atom. The molecule has 1 heterocycles. The highest BCUT2D eigenvalue weighted by atomic mass is 32.2. The molecule has 0 aliphatic carbocycles. The lowest BCUT2D eigenvalue weighted by atomic mass is 9.96. The summed E-state index contributed by atoms with van der Waals surface area (Å²) in [5, 5.41) is 13.8. The zero-order chi connectivity index (χ0) is 25.3. The highest BCUT2D eigenvalue weighted by Gasteiger charge is 2.34. The number of hydrogen-bond acceptors (Lipinski definition) is 5. The minimum absolute atomic E-state index is 0.0422. The normalized spacial score (nSPS) is 16.7. The molecule has 1 atom stereocenters. The number of aryl methyl sites for hydroxylation is 1. The molecule has 0 radical (unpaired) electrons. The maximum absolute atomic E-state index is 13.0. The third-order valence-corrected chi connectivity index (χ3v) is 7.94. The van der Waals surface area contributed by atoms with Gasteiger partial charge < -0.3 is 5.32 Å². The van der Waals surface area contributed by atoms with E-state index in [1.807, 2.05) is 0 Å². The van der Waals surface area contributed by atoms with Crippen molar-refractivity contribution in [2.75, 3.05) is 13.1 Å². The highest BCUT2D eigenvalue weighted by Crippen LogP contribution is 2.31. The van der Waals surface area contributed by atoms with Crippen LogP contribution in [0.3, 0.4) is 0 Å². The summed E-state index contributed by atoms with van der Waals surface area (Å²) in [5.74, 6) is -0.876. The molecule has 0 saturated carbocycles. The summed E-state index contributed by atoms with van der Waals surface area (Å²) in [5.41, 5.74) is -0.451. The number of nitrogens with one attached hydrogen (secondary N) is 1. The Morgan fingerprint density at radius 3 is 2.41 bits per heavy atom. The molecule has 3 rings (SSSR count). The fourth-order valence-corrected chi connectivity index (χ4v) is 5.59. The van der Waals surface area contributed by atoms with Crippen LogP contribution in [0.1, 0.15) is 42.5 Å². The number of nitrogens with zero attached hydrogens (tertiary/aromatic N) is 2. The Hall–Kier alpha value is -2.99. The second-order valence-corrected chi connectivity index (χ2v) is 10.1. The van der Waals surface area contributed by atoms with Gasteiger partial charge in [0.05, 0.1) is 21.4 Å². The molecule has 1 fully saturated rings. The number of rotatable bonds is 6. The van der Waals surface area contributed by atoms with Crippen LogP contribution in [-0.2, 0) is 21.0 Å². The largest absolute Gasteiger partial charge is 0.416 e. The second kappa shape index (κ2) is 9.71. The van der Waals surface area contributed by atoms with E-state index in [-0.39, 0.29) is 42.4 Å². The van der Waals surface area contributed by atoms with Crippen molar-refractivity contribution < 1.29 is 31.3 Å².